The van der Waals surface area contributed by atoms with E-state index in [2.05, 4.69) is 14.8 Å². The number of azide groups is 1. The molecule has 0 bridgehead atoms. The van der Waals surface area contributed by atoms with Crippen molar-refractivity contribution in [1.29, 1.82) is 0 Å². The van der Waals surface area contributed by atoms with Crippen molar-refractivity contribution in [3.05, 3.63) is 10.4 Å². The molecule has 0 N–H and O–H groups in total. The summed E-state index contributed by atoms with van der Waals surface area (Å²) in [5.74, 6) is -0.395. The van der Waals surface area contributed by atoms with Crippen LogP contribution >= 0.6 is 0 Å². The van der Waals surface area contributed by atoms with Gasteiger partial charge in [0, 0.05) is 10.8 Å². The molecule has 0 spiro atoms. The number of carbonyl (C=O) groups is 1. The average molecular weight is 141 g/mol. The maximum absolute atomic E-state index is 10.7. The fraction of sp³-hybridized carbons (Fsp3) is 0.800. The van der Waals surface area contributed by atoms with Crippen LogP contribution in [-0.2, 0) is 9.53 Å². The molecule has 2 unspecified atom stereocenters. The molecule has 1 aliphatic heterocycles. The van der Waals surface area contributed by atoms with E-state index in [-0.39, 0.29) is 5.92 Å². The van der Waals surface area contributed by atoms with Crippen LogP contribution in [0.4, 0.5) is 0 Å². The average Bonchev–Trinajstić information content (AvgIpc) is 2.20. The van der Waals surface area contributed by atoms with E-state index in [1.807, 2.05) is 6.92 Å². The minimum atomic E-state index is -0.606. The fourth-order valence-electron chi connectivity index (χ4n) is 0.839. The summed E-state index contributed by atoms with van der Waals surface area (Å²) in [5.41, 5.74) is 8.01. The predicted molar refractivity (Wildman–Crippen MR) is 33.1 cm³/mol. The Labute approximate surface area is 57.6 Å². The first-order chi connectivity index (χ1) is 4.75. The zero-order valence-corrected chi connectivity index (χ0v) is 5.52. The van der Waals surface area contributed by atoms with Gasteiger partial charge in [-0.2, -0.15) is 0 Å². The molecule has 1 heterocycles. The molecule has 1 saturated heterocycles. The first kappa shape index (κ1) is 6.89. The fourth-order valence-corrected chi connectivity index (χ4v) is 0.839. The first-order valence-corrected chi connectivity index (χ1v) is 2.96. The highest BCUT2D eigenvalue weighted by molar-refractivity contribution is 5.78. The molecule has 54 valence electrons. The summed E-state index contributed by atoms with van der Waals surface area (Å²) >= 11 is 0. The molecular formula is C5H7N3O2. The van der Waals surface area contributed by atoms with E-state index in [1.54, 1.807) is 0 Å². The Hall–Kier alpha value is -1.22. The van der Waals surface area contributed by atoms with Crippen LogP contribution in [0.2, 0.25) is 0 Å². The quantitative estimate of drug-likeness (QED) is 0.235. The third-order valence-electron chi connectivity index (χ3n) is 1.45. The van der Waals surface area contributed by atoms with Crippen molar-refractivity contribution < 1.29 is 9.53 Å². The lowest BCUT2D eigenvalue weighted by Crippen LogP contribution is -2.16. The zero-order chi connectivity index (χ0) is 7.56. The maximum atomic E-state index is 10.7. The Morgan fingerprint density at radius 2 is 2.60 bits per heavy atom. The molecule has 1 fully saturated rings. The summed E-state index contributed by atoms with van der Waals surface area (Å²) in [6, 6.07) is -0.606. The third kappa shape index (κ3) is 1.04. The second-order valence-electron chi connectivity index (χ2n) is 2.26. The van der Waals surface area contributed by atoms with Gasteiger partial charge in [0.15, 0.2) is 0 Å². The Balaban J connectivity index is 2.71. The van der Waals surface area contributed by atoms with Gasteiger partial charge in [-0.05, 0) is 5.53 Å². The molecule has 2 atom stereocenters. The topological polar surface area (TPSA) is 75.1 Å². The molecule has 5 nitrogen and oxygen atoms in total. The van der Waals surface area contributed by atoms with Crippen molar-refractivity contribution in [2.24, 2.45) is 11.0 Å². The van der Waals surface area contributed by atoms with Gasteiger partial charge in [-0.3, -0.25) is 4.79 Å². The summed E-state index contributed by atoms with van der Waals surface area (Å²) in [7, 11) is 0. The van der Waals surface area contributed by atoms with Gasteiger partial charge >= 0.3 is 5.97 Å². The second-order valence-corrected chi connectivity index (χ2v) is 2.26. The monoisotopic (exact) mass is 141 g/mol. The molecule has 0 radical (unpaired) electrons. The molecule has 0 amide bonds. The molecule has 0 aliphatic carbocycles. The molecule has 0 aromatic heterocycles. The largest absolute Gasteiger partial charge is 0.465 e. The summed E-state index contributed by atoms with van der Waals surface area (Å²) in [6.07, 6.45) is 0. The Morgan fingerprint density at radius 3 is 3.00 bits per heavy atom. The zero-order valence-electron chi connectivity index (χ0n) is 5.52. The molecule has 0 aromatic carbocycles. The van der Waals surface area contributed by atoms with Crippen LogP contribution in [0, 0.1) is 5.92 Å². The van der Waals surface area contributed by atoms with E-state index >= 15 is 0 Å². The highest BCUT2D eigenvalue weighted by Crippen LogP contribution is 2.17. The van der Waals surface area contributed by atoms with Crippen molar-refractivity contribution in [2.75, 3.05) is 6.61 Å². The van der Waals surface area contributed by atoms with Gasteiger partial charge in [0.05, 0.1) is 6.61 Å². The van der Waals surface area contributed by atoms with Crippen LogP contribution < -0.4 is 0 Å². The van der Waals surface area contributed by atoms with Crippen LogP contribution in [0.25, 0.3) is 10.4 Å². The third-order valence-corrected chi connectivity index (χ3v) is 1.45. The lowest BCUT2D eigenvalue weighted by atomic mass is 10.1. The van der Waals surface area contributed by atoms with Crippen LogP contribution in [0.15, 0.2) is 5.11 Å². The first-order valence-electron chi connectivity index (χ1n) is 2.96. The van der Waals surface area contributed by atoms with Gasteiger partial charge in [-0.1, -0.05) is 12.0 Å². The minimum absolute atomic E-state index is 0.0170. The number of cyclic esters (lactones) is 1. The Morgan fingerprint density at radius 1 is 1.90 bits per heavy atom. The molecule has 1 rings (SSSR count). The number of hydrogen-bond donors (Lipinski definition) is 0. The summed E-state index contributed by atoms with van der Waals surface area (Å²) in [5, 5.41) is 3.29. The SMILES string of the molecule is CC1COC(=O)C1N=[N+]=[N-]. The highest BCUT2D eigenvalue weighted by atomic mass is 16.5. The van der Waals surface area contributed by atoms with Crippen molar-refractivity contribution in [1.82, 2.24) is 0 Å². The van der Waals surface area contributed by atoms with Crippen LogP contribution in [0.3, 0.4) is 0 Å². The number of esters is 1. The van der Waals surface area contributed by atoms with E-state index in [0.29, 0.717) is 6.61 Å². The lowest BCUT2D eigenvalue weighted by molar-refractivity contribution is -0.138. The van der Waals surface area contributed by atoms with Crippen molar-refractivity contribution in [3.8, 4) is 0 Å². The molecule has 0 aromatic rings. The van der Waals surface area contributed by atoms with E-state index < -0.39 is 12.0 Å². The summed E-state index contributed by atoms with van der Waals surface area (Å²) in [6.45, 7) is 2.17. The van der Waals surface area contributed by atoms with Gasteiger partial charge < -0.3 is 4.74 Å². The molecule has 0 saturated carbocycles. The van der Waals surface area contributed by atoms with E-state index in [1.165, 1.54) is 0 Å². The maximum Gasteiger partial charge on any atom is 0.315 e. The lowest BCUT2D eigenvalue weighted by Gasteiger charge is -1.98. The second kappa shape index (κ2) is 2.58. The number of hydrogen-bond acceptors (Lipinski definition) is 3. The van der Waals surface area contributed by atoms with Crippen molar-refractivity contribution in [2.45, 2.75) is 13.0 Å². The van der Waals surface area contributed by atoms with E-state index in [9.17, 15) is 4.79 Å². The van der Waals surface area contributed by atoms with Gasteiger partial charge in [0.1, 0.15) is 6.04 Å². The normalized spacial score (nSPS) is 31.1. The van der Waals surface area contributed by atoms with Crippen LogP contribution in [0.5, 0.6) is 0 Å². The van der Waals surface area contributed by atoms with Gasteiger partial charge in [0.2, 0.25) is 0 Å². The summed E-state index contributed by atoms with van der Waals surface area (Å²) < 4.78 is 4.63. The molecule has 5 heteroatoms. The van der Waals surface area contributed by atoms with E-state index in [0.717, 1.165) is 0 Å². The Kier molecular flexibility index (Phi) is 1.78. The van der Waals surface area contributed by atoms with Gasteiger partial charge in [-0.15, -0.1) is 0 Å². The number of nitrogens with zero attached hydrogens (tertiary/aromatic N) is 3. The number of ether oxygens (including phenoxy) is 1. The van der Waals surface area contributed by atoms with Gasteiger partial charge in [-0.25, -0.2) is 0 Å². The molecule has 1 aliphatic rings. The standard InChI is InChI=1S/C5H7N3O2/c1-3-2-10-5(9)4(3)7-8-6/h3-4H,2H2,1H3. The Bertz CT molecular complexity index is 197. The highest BCUT2D eigenvalue weighted by Gasteiger charge is 2.32. The number of rotatable bonds is 1. The smallest absolute Gasteiger partial charge is 0.315 e. The molecular weight excluding hydrogens is 134 g/mol. The van der Waals surface area contributed by atoms with Crippen molar-refractivity contribution in [3.63, 3.8) is 0 Å². The summed E-state index contributed by atoms with van der Waals surface area (Å²) in [4.78, 5) is 13.2. The number of carbonyl (C=O) groups excluding carboxylic acids is 1. The van der Waals surface area contributed by atoms with Crippen LogP contribution in [-0.4, -0.2) is 18.6 Å². The van der Waals surface area contributed by atoms with Crippen molar-refractivity contribution >= 4 is 5.97 Å². The minimum Gasteiger partial charge on any atom is -0.465 e. The van der Waals surface area contributed by atoms with Gasteiger partial charge in [0.25, 0.3) is 0 Å². The predicted octanol–water partition coefficient (Wildman–Crippen LogP) is 0.858. The van der Waals surface area contributed by atoms with Crippen LogP contribution in [0.1, 0.15) is 6.92 Å². The molecule has 10 heavy (non-hydrogen) atoms. The van der Waals surface area contributed by atoms with E-state index in [4.69, 9.17) is 5.53 Å².